The number of fused-ring (bicyclic) bond motifs is 4. The number of aryl methyl sites for hydroxylation is 1. The maximum atomic E-state index is 4.32. The summed E-state index contributed by atoms with van der Waals surface area (Å²) in [6, 6.07) is 24.8. The Kier molecular flexibility index (Phi) is 4.32. The molecule has 3 aromatic carbocycles. The first-order valence-corrected chi connectivity index (χ1v) is 11.7. The fourth-order valence-corrected chi connectivity index (χ4v) is 5.64. The molecule has 1 aromatic heterocycles. The van der Waals surface area contributed by atoms with E-state index in [1.54, 1.807) is 0 Å². The monoisotopic (exact) mass is 426 g/mol. The van der Waals surface area contributed by atoms with Gasteiger partial charge < -0.3 is 0 Å². The Morgan fingerprint density at radius 1 is 0.818 bits per heavy atom. The zero-order chi connectivity index (χ0) is 22.7. The minimum absolute atomic E-state index is 0.00644. The molecular weight excluding hydrogens is 398 g/mol. The third-order valence-corrected chi connectivity index (χ3v) is 7.50. The van der Waals surface area contributed by atoms with Gasteiger partial charge in [0.15, 0.2) is 6.20 Å². The summed E-state index contributed by atoms with van der Waals surface area (Å²) < 4.78 is 2.03. The number of benzene rings is 3. The first kappa shape index (κ1) is 19.9. The van der Waals surface area contributed by atoms with E-state index in [2.05, 4.69) is 119 Å². The van der Waals surface area contributed by atoms with Crippen LogP contribution in [0.5, 0.6) is 0 Å². The molecule has 1 heteroatoms. The molecule has 0 saturated carbocycles. The van der Waals surface area contributed by atoms with Crippen LogP contribution < -0.4 is 9.46 Å². The van der Waals surface area contributed by atoms with Gasteiger partial charge in [-0.2, -0.15) is 4.24 Å². The van der Waals surface area contributed by atoms with Gasteiger partial charge in [0.25, 0.3) is 0 Å². The normalized spacial score (nSPS) is 14.9. The molecule has 160 valence electrons. The second kappa shape index (κ2) is 7.15. The maximum Gasteiger partial charge on any atom is 0.221 e. The molecule has 0 fully saturated rings. The smallest absolute Gasteiger partial charge is 0.173 e. The number of rotatable bonds is 2. The summed E-state index contributed by atoms with van der Waals surface area (Å²) in [5.74, 6) is 0. The van der Waals surface area contributed by atoms with Crippen molar-refractivity contribution in [2.75, 3.05) is 0 Å². The summed E-state index contributed by atoms with van der Waals surface area (Å²) in [6.07, 6.45) is 9.58. The van der Waals surface area contributed by atoms with Crippen molar-refractivity contribution in [1.82, 2.24) is 0 Å². The summed E-state index contributed by atoms with van der Waals surface area (Å²) >= 11 is 0. The van der Waals surface area contributed by atoms with Crippen molar-refractivity contribution in [2.45, 2.75) is 32.6 Å². The lowest BCUT2D eigenvalue weighted by Gasteiger charge is -2.22. The SMILES string of the molecule is C=[n+]1ccc2c(c1-c1cc(-c3ccc4c(c3)C(C)(C)c3ccccc3-4)ccc1C)CC=CC=2. The van der Waals surface area contributed by atoms with E-state index in [4.69, 9.17) is 0 Å². The Bertz CT molecular complexity index is 1580. The molecule has 0 N–H and O–H groups in total. The number of hydrogen-bond donors (Lipinski definition) is 0. The number of pyridine rings is 1. The molecule has 2 aliphatic carbocycles. The van der Waals surface area contributed by atoms with Gasteiger partial charge >= 0.3 is 0 Å². The van der Waals surface area contributed by atoms with Gasteiger partial charge in [0.2, 0.25) is 5.69 Å². The molecule has 33 heavy (non-hydrogen) atoms. The fraction of sp³-hybridized carbons (Fsp3) is 0.156. The van der Waals surface area contributed by atoms with Crippen LogP contribution in [0, 0.1) is 13.6 Å². The van der Waals surface area contributed by atoms with Crippen LogP contribution in [0.4, 0.5) is 0 Å². The first-order chi connectivity index (χ1) is 15.9. The molecule has 2 aliphatic rings. The fourth-order valence-electron chi connectivity index (χ4n) is 5.64. The average molecular weight is 427 g/mol. The Balaban J connectivity index is 1.52. The first-order valence-electron chi connectivity index (χ1n) is 11.7. The van der Waals surface area contributed by atoms with Crippen LogP contribution in [0.2, 0.25) is 0 Å². The van der Waals surface area contributed by atoms with Crippen LogP contribution in [-0.2, 0) is 11.8 Å². The van der Waals surface area contributed by atoms with Gasteiger partial charge in [0.05, 0.1) is 5.56 Å². The molecule has 0 atom stereocenters. The molecule has 1 nitrogen and oxygen atoms in total. The van der Waals surface area contributed by atoms with Crippen molar-refractivity contribution in [3.63, 3.8) is 0 Å². The minimum atomic E-state index is 0.00644. The molecule has 1 heterocycles. The van der Waals surface area contributed by atoms with Crippen LogP contribution in [-0.4, -0.2) is 0 Å². The van der Waals surface area contributed by atoms with E-state index in [0.29, 0.717) is 0 Å². The second-order valence-corrected chi connectivity index (χ2v) is 9.83. The Hall–Kier alpha value is -3.71. The molecule has 4 aromatic rings. The number of aromatic nitrogens is 1. The summed E-state index contributed by atoms with van der Waals surface area (Å²) in [5, 5.41) is 1.29. The van der Waals surface area contributed by atoms with Crippen LogP contribution in [0.3, 0.4) is 0 Å². The molecule has 0 saturated heterocycles. The van der Waals surface area contributed by atoms with E-state index in [1.165, 1.54) is 61.0 Å². The van der Waals surface area contributed by atoms with Crippen molar-refractivity contribution in [3.05, 3.63) is 119 Å². The van der Waals surface area contributed by atoms with Crippen LogP contribution in [0.15, 0.2) is 85.1 Å². The molecule has 0 bridgehead atoms. The van der Waals surface area contributed by atoms with E-state index in [0.717, 1.165) is 6.42 Å². The number of allylic oxidation sites excluding steroid dienone is 2. The summed E-state index contributed by atoms with van der Waals surface area (Å²) in [5.41, 5.74) is 13.2. The highest BCUT2D eigenvalue weighted by molar-refractivity contribution is 5.84. The van der Waals surface area contributed by atoms with Gasteiger partial charge in [-0.05, 0) is 69.6 Å². The molecule has 0 aliphatic heterocycles. The highest BCUT2D eigenvalue weighted by Gasteiger charge is 2.35. The highest BCUT2D eigenvalue weighted by Crippen LogP contribution is 2.49. The van der Waals surface area contributed by atoms with Crippen molar-refractivity contribution in [2.24, 2.45) is 0 Å². The van der Waals surface area contributed by atoms with Gasteiger partial charge in [0.1, 0.15) is 6.72 Å². The van der Waals surface area contributed by atoms with Crippen molar-refractivity contribution < 1.29 is 4.24 Å². The lowest BCUT2D eigenvalue weighted by molar-refractivity contribution is -0.486. The van der Waals surface area contributed by atoms with Gasteiger partial charge in [0, 0.05) is 17.0 Å². The second-order valence-electron chi connectivity index (χ2n) is 9.83. The lowest BCUT2D eigenvalue weighted by Crippen LogP contribution is -2.26. The Labute approximate surface area is 195 Å². The van der Waals surface area contributed by atoms with Crippen LogP contribution in [0.25, 0.3) is 39.6 Å². The largest absolute Gasteiger partial charge is 0.221 e. The van der Waals surface area contributed by atoms with Gasteiger partial charge in [-0.3, -0.25) is 0 Å². The van der Waals surface area contributed by atoms with E-state index in [9.17, 15) is 0 Å². The summed E-state index contributed by atoms with van der Waals surface area (Å²) in [4.78, 5) is 0. The van der Waals surface area contributed by atoms with Crippen molar-refractivity contribution in [3.8, 4) is 33.5 Å². The van der Waals surface area contributed by atoms with E-state index < -0.39 is 0 Å². The third-order valence-electron chi connectivity index (χ3n) is 7.50. The molecule has 0 spiro atoms. The summed E-state index contributed by atoms with van der Waals surface area (Å²) in [6.45, 7) is 11.2. The number of hydrogen-bond acceptors (Lipinski definition) is 0. The molecule has 0 unspecified atom stereocenters. The molecule has 6 rings (SSSR count). The Morgan fingerprint density at radius 3 is 2.45 bits per heavy atom. The zero-order valence-electron chi connectivity index (χ0n) is 19.5. The van der Waals surface area contributed by atoms with Gasteiger partial charge in [-0.1, -0.05) is 80.6 Å². The summed E-state index contributed by atoms with van der Waals surface area (Å²) in [7, 11) is 0. The average Bonchev–Trinajstić information content (AvgIpc) is 3.06. The number of nitrogens with zero attached hydrogens (tertiary/aromatic N) is 1. The topological polar surface area (TPSA) is 5.90 Å². The predicted octanol–water partition coefficient (Wildman–Crippen LogP) is 6.46. The third kappa shape index (κ3) is 2.96. The van der Waals surface area contributed by atoms with Gasteiger partial charge in [-0.25, -0.2) is 0 Å². The Morgan fingerprint density at radius 2 is 1.58 bits per heavy atom. The lowest BCUT2D eigenvalue weighted by atomic mass is 9.81. The van der Waals surface area contributed by atoms with Crippen LogP contribution in [0.1, 0.15) is 36.1 Å². The minimum Gasteiger partial charge on any atom is -0.173 e. The van der Waals surface area contributed by atoms with E-state index >= 15 is 0 Å². The van der Waals surface area contributed by atoms with Crippen molar-refractivity contribution in [1.29, 1.82) is 0 Å². The molecule has 0 amide bonds. The van der Waals surface area contributed by atoms with E-state index in [1.807, 2.05) is 4.24 Å². The van der Waals surface area contributed by atoms with Gasteiger partial charge in [-0.15, -0.1) is 0 Å². The predicted molar refractivity (Wildman–Crippen MR) is 137 cm³/mol. The molecular formula is C32H28N+. The van der Waals surface area contributed by atoms with E-state index in [-0.39, 0.29) is 5.41 Å². The quantitative estimate of drug-likeness (QED) is 0.325. The maximum absolute atomic E-state index is 4.32. The zero-order valence-corrected chi connectivity index (χ0v) is 19.5. The standard InChI is InChI=1S/C32H28N/c1-21-13-14-23(19-28(21)31-25-10-6-5-9-22(25)17-18-33(31)4)24-15-16-27-26-11-7-8-12-29(26)32(2,3)30(27)20-24/h5-9,11-20H,4,10H2,1-3H3/q+1. The molecule has 0 radical (unpaired) electrons. The highest BCUT2D eigenvalue weighted by atomic mass is 14.8. The van der Waals surface area contributed by atoms with Crippen molar-refractivity contribution >= 4 is 6.08 Å². The van der Waals surface area contributed by atoms with Crippen LogP contribution >= 0.6 is 0 Å².